The molecule has 0 amide bonds. The highest BCUT2D eigenvalue weighted by Gasteiger charge is 2.51. The summed E-state index contributed by atoms with van der Waals surface area (Å²) in [6.07, 6.45) is 14.8. The minimum atomic E-state index is -0.437. The fourth-order valence-electron chi connectivity index (χ4n) is 8.10. The molecule has 0 N–H and O–H groups in total. The molecule has 238 valence electrons. The van der Waals surface area contributed by atoms with Crippen molar-refractivity contribution in [3.8, 4) is 44.6 Å². The summed E-state index contributed by atoms with van der Waals surface area (Å²) in [5, 5.41) is 0. The number of hydrogen-bond acceptors (Lipinski definition) is 3. The van der Waals surface area contributed by atoms with Gasteiger partial charge >= 0.3 is 0 Å². The van der Waals surface area contributed by atoms with E-state index < -0.39 is 5.41 Å². The van der Waals surface area contributed by atoms with E-state index in [-0.39, 0.29) is 0 Å². The van der Waals surface area contributed by atoms with Crippen molar-refractivity contribution in [1.82, 2.24) is 15.0 Å². The van der Waals surface area contributed by atoms with Gasteiger partial charge in [-0.25, -0.2) is 0 Å². The molecule has 0 atom stereocenters. The molecule has 2 aliphatic rings. The minimum Gasteiger partial charge on any atom is -0.264 e. The fraction of sp³-hybridized carbons (Fsp3) is 0.0851. The summed E-state index contributed by atoms with van der Waals surface area (Å²) in [4.78, 5) is 13.5. The van der Waals surface area contributed by atoms with Crippen molar-refractivity contribution in [3.05, 3.63) is 198 Å². The van der Waals surface area contributed by atoms with Crippen molar-refractivity contribution in [2.45, 2.75) is 25.7 Å². The van der Waals surface area contributed by atoms with E-state index in [9.17, 15) is 0 Å². The van der Waals surface area contributed by atoms with E-state index in [4.69, 9.17) is 4.98 Å². The lowest BCUT2D eigenvalue weighted by atomic mass is 9.70. The zero-order valence-corrected chi connectivity index (χ0v) is 28.1. The van der Waals surface area contributed by atoms with Gasteiger partial charge in [-0.05, 0) is 122 Å². The summed E-state index contributed by atoms with van der Waals surface area (Å²) in [6.45, 7) is 4.40. The molecule has 3 heteroatoms. The first-order valence-corrected chi connectivity index (χ1v) is 17.3. The third-order valence-electron chi connectivity index (χ3n) is 10.5. The van der Waals surface area contributed by atoms with Crippen LogP contribution in [0.3, 0.4) is 0 Å². The predicted octanol–water partition coefficient (Wildman–Crippen LogP) is 11.4. The maximum Gasteiger partial charge on any atom is 0.0725 e. The van der Waals surface area contributed by atoms with E-state index in [1.54, 1.807) is 6.20 Å². The Hall–Kier alpha value is -6.19. The van der Waals surface area contributed by atoms with Crippen molar-refractivity contribution in [3.63, 3.8) is 0 Å². The number of aromatic nitrogens is 3. The van der Waals surface area contributed by atoms with E-state index in [2.05, 4.69) is 139 Å². The molecular formula is C47H35N3. The van der Waals surface area contributed by atoms with Crippen LogP contribution >= 0.6 is 0 Å². The second-order valence-corrected chi connectivity index (χ2v) is 13.2. The summed E-state index contributed by atoms with van der Waals surface area (Å²) < 4.78 is 0. The Labute approximate surface area is 293 Å². The van der Waals surface area contributed by atoms with Gasteiger partial charge in [-0.3, -0.25) is 15.0 Å². The Balaban J connectivity index is 1.23. The maximum atomic E-state index is 4.85. The Morgan fingerprint density at radius 3 is 1.86 bits per heavy atom. The lowest BCUT2D eigenvalue weighted by Crippen LogP contribution is -2.26. The highest BCUT2D eigenvalue weighted by Crippen LogP contribution is 2.63. The van der Waals surface area contributed by atoms with Gasteiger partial charge in [0.25, 0.3) is 0 Å². The summed E-state index contributed by atoms with van der Waals surface area (Å²) in [5.41, 5.74) is 19.2. The summed E-state index contributed by atoms with van der Waals surface area (Å²) in [7, 11) is 0. The molecule has 7 aromatic rings. The van der Waals surface area contributed by atoms with Crippen LogP contribution < -0.4 is 0 Å². The van der Waals surface area contributed by atoms with Crippen molar-refractivity contribution in [2.24, 2.45) is 0 Å². The van der Waals surface area contributed by atoms with E-state index in [1.165, 1.54) is 61.2 Å². The van der Waals surface area contributed by atoms with E-state index >= 15 is 0 Å². The molecule has 3 nitrogen and oxygen atoms in total. The lowest BCUT2D eigenvalue weighted by Gasteiger charge is -2.31. The first kappa shape index (κ1) is 29.9. The Bertz CT molecular complexity index is 2410. The van der Waals surface area contributed by atoms with Crippen LogP contribution in [0, 0.1) is 0 Å². The zero-order chi connectivity index (χ0) is 33.7. The summed E-state index contributed by atoms with van der Waals surface area (Å²) in [6, 6.07) is 44.5. The SMILES string of the molecule is CC/C(=C\C=C(/C)c1cccnc1)c1ccc2c(c1)C1(c3ccccc3-c3ccccc31)c1cc(-c3ccc(-c4cccnc4)nc3)ccc1-2. The Kier molecular flexibility index (Phi) is 7.21. The molecule has 4 aromatic carbocycles. The number of fused-ring (bicyclic) bond motifs is 10. The smallest absolute Gasteiger partial charge is 0.0725 e. The Morgan fingerprint density at radius 1 is 0.540 bits per heavy atom. The molecule has 0 saturated carbocycles. The molecular weight excluding hydrogens is 607 g/mol. The molecule has 0 bridgehead atoms. The van der Waals surface area contributed by atoms with Crippen LogP contribution in [0.4, 0.5) is 0 Å². The van der Waals surface area contributed by atoms with Gasteiger partial charge in [0.2, 0.25) is 0 Å². The van der Waals surface area contributed by atoms with Gasteiger partial charge in [0.1, 0.15) is 0 Å². The topological polar surface area (TPSA) is 38.7 Å². The molecule has 0 saturated heterocycles. The average molecular weight is 642 g/mol. The number of benzene rings is 4. The van der Waals surface area contributed by atoms with Crippen LogP contribution in [0.1, 0.15) is 53.6 Å². The number of allylic oxidation sites excluding steroid dienone is 4. The normalized spacial score (nSPS) is 13.9. The van der Waals surface area contributed by atoms with Crippen LogP contribution in [-0.2, 0) is 5.41 Å². The van der Waals surface area contributed by atoms with E-state index in [0.717, 1.165) is 34.4 Å². The Morgan fingerprint density at radius 2 is 1.20 bits per heavy atom. The molecule has 9 rings (SSSR count). The van der Waals surface area contributed by atoms with Crippen LogP contribution in [-0.4, -0.2) is 15.0 Å². The second kappa shape index (κ2) is 12.0. The van der Waals surface area contributed by atoms with E-state index in [0.29, 0.717) is 0 Å². The van der Waals surface area contributed by atoms with Crippen LogP contribution in [0.15, 0.2) is 164 Å². The monoisotopic (exact) mass is 641 g/mol. The van der Waals surface area contributed by atoms with Crippen LogP contribution in [0.25, 0.3) is 55.8 Å². The molecule has 1 spiro atoms. The lowest BCUT2D eigenvalue weighted by molar-refractivity contribution is 0.793. The van der Waals surface area contributed by atoms with Crippen molar-refractivity contribution in [1.29, 1.82) is 0 Å². The molecule has 0 aliphatic heterocycles. The first-order valence-electron chi connectivity index (χ1n) is 17.3. The molecule has 0 unspecified atom stereocenters. The number of hydrogen-bond donors (Lipinski definition) is 0. The maximum absolute atomic E-state index is 4.85. The van der Waals surface area contributed by atoms with Crippen LogP contribution in [0.5, 0.6) is 0 Å². The highest BCUT2D eigenvalue weighted by atomic mass is 14.7. The molecule has 50 heavy (non-hydrogen) atoms. The molecule has 0 radical (unpaired) electrons. The predicted molar refractivity (Wildman–Crippen MR) is 205 cm³/mol. The summed E-state index contributed by atoms with van der Waals surface area (Å²) >= 11 is 0. The standard InChI is InChI=1S/C47H35N3/c1-3-32(17-16-31(2)35-10-8-24-48-28-35)33-18-21-40-41-22-19-34(36-20-23-46(50-30-36)37-11-9-25-49-29-37)27-45(41)47(44(40)26-33)42-14-6-4-12-38(42)39-13-5-7-15-43(39)47/h4-30H,3H2,1-2H3/b31-16+,32-17+. The minimum absolute atomic E-state index is 0.437. The number of rotatable bonds is 6. The van der Waals surface area contributed by atoms with Crippen LogP contribution in [0.2, 0.25) is 0 Å². The largest absolute Gasteiger partial charge is 0.264 e. The number of pyridine rings is 3. The number of nitrogens with zero attached hydrogens (tertiary/aromatic N) is 3. The average Bonchev–Trinajstić information content (AvgIpc) is 3.65. The third-order valence-corrected chi connectivity index (χ3v) is 10.5. The van der Waals surface area contributed by atoms with Crippen molar-refractivity contribution < 1.29 is 0 Å². The fourth-order valence-corrected chi connectivity index (χ4v) is 8.10. The quantitative estimate of drug-likeness (QED) is 0.170. The van der Waals surface area contributed by atoms with Gasteiger partial charge in [0.05, 0.1) is 11.1 Å². The van der Waals surface area contributed by atoms with Gasteiger partial charge in [0.15, 0.2) is 0 Å². The zero-order valence-electron chi connectivity index (χ0n) is 28.1. The first-order chi connectivity index (χ1) is 24.7. The van der Waals surface area contributed by atoms with Gasteiger partial charge in [-0.15, -0.1) is 0 Å². The molecule has 3 aromatic heterocycles. The second-order valence-electron chi connectivity index (χ2n) is 13.2. The van der Waals surface area contributed by atoms with Gasteiger partial charge in [0, 0.05) is 42.1 Å². The summed E-state index contributed by atoms with van der Waals surface area (Å²) in [5.74, 6) is 0. The highest BCUT2D eigenvalue weighted by molar-refractivity contribution is 5.96. The van der Waals surface area contributed by atoms with Gasteiger partial charge in [-0.1, -0.05) is 104 Å². The van der Waals surface area contributed by atoms with E-state index in [1.807, 2.05) is 43.0 Å². The molecule has 0 fully saturated rings. The third kappa shape index (κ3) is 4.62. The van der Waals surface area contributed by atoms with Crippen molar-refractivity contribution in [2.75, 3.05) is 0 Å². The molecule has 3 heterocycles. The molecule has 2 aliphatic carbocycles. The van der Waals surface area contributed by atoms with Gasteiger partial charge in [-0.2, -0.15) is 0 Å². The van der Waals surface area contributed by atoms with Gasteiger partial charge < -0.3 is 0 Å². The van der Waals surface area contributed by atoms with Crippen molar-refractivity contribution >= 4 is 11.1 Å².